The third-order valence-corrected chi connectivity index (χ3v) is 5.04. The van der Waals surface area contributed by atoms with Crippen LogP contribution >= 0.6 is 34.8 Å². The van der Waals surface area contributed by atoms with Crippen LogP contribution in [0.5, 0.6) is 0 Å². The molecule has 5 nitrogen and oxygen atoms in total. The van der Waals surface area contributed by atoms with Crippen LogP contribution < -0.4 is 0 Å². The SMILES string of the molecule is CCN(CC(Cl)Cl)S(=O)(=O)c1ccc(Cl)c(C(=O)O)c1. The Morgan fingerprint density at radius 1 is 1.40 bits per heavy atom. The highest BCUT2D eigenvalue weighted by Crippen LogP contribution is 2.23. The van der Waals surface area contributed by atoms with Crippen molar-refractivity contribution in [2.24, 2.45) is 0 Å². The van der Waals surface area contributed by atoms with Crippen molar-refractivity contribution in [3.05, 3.63) is 28.8 Å². The van der Waals surface area contributed by atoms with Crippen LogP contribution in [0.2, 0.25) is 5.02 Å². The number of benzene rings is 1. The first-order valence-corrected chi connectivity index (χ1v) is 8.20. The van der Waals surface area contributed by atoms with Gasteiger partial charge in [0.1, 0.15) is 4.84 Å². The number of carboxylic acid groups (broad SMARTS) is 1. The van der Waals surface area contributed by atoms with Crippen LogP contribution in [0.4, 0.5) is 0 Å². The van der Waals surface area contributed by atoms with Crippen LogP contribution in [0.3, 0.4) is 0 Å². The zero-order chi connectivity index (χ0) is 15.5. The average Bonchev–Trinajstić information content (AvgIpc) is 2.35. The highest BCUT2D eigenvalue weighted by atomic mass is 35.5. The molecule has 0 spiro atoms. The highest BCUT2D eigenvalue weighted by molar-refractivity contribution is 7.89. The van der Waals surface area contributed by atoms with Crippen molar-refractivity contribution in [3.8, 4) is 0 Å². The van der Waals surface area contributed by atoms with Crippen molar-refractivity contribution in [2.45, 2.75) is 16.7 Å². The maximum absolute atomic E-state index is 12.4. The van der Waals surface area contributed by atoms with Gasteiger partial charge in [0.25, 0.3) is 0 Å². The Kier molecular flexibility index (Phi) is 6.09. The number of nitrogens with zero attached hydrogens (tertiary/aromatic N) is 1. The topological polar surface area (TPSA) is 74.7 Å². The van der Waals surface area contributed by atoms with Gasteiger partial charge in [0.15, 0.2) is 0 Å². The Morgan fingerprint density at radius 3 is 2.45 bits per heavy atom. The molecule has 0 unspecified atom stereocenters. The van der Waals surface area contributed by atoms with E-state index in [0.717, 1.165) is 10.4 Å². The van der Waals surface area contributed by atoms with E-state index < -0.39 is 20.8 Å². The number of hydrogen-bond acceptors (Lipinski definition) is 3. The fraction of sp³-hybridized carbons (Fsp3) is 0.364. The first-order chi connectivity index (χ1) is 9.20. The summed E-state index contributed by atoms with van der Waals surface area (Å²) in [6.45, 7) is 1.69. The summed E-state index contributed by atoms with van der Waals surface area (Å²) in [5.41, 5.74) is -0.280. The minimum Gasteiger partial charge on any atom is -0.478 e. The molecule has 1 aromatic carbocycles. The molecule has 0 saturated carbocycles. The van der Waals surface area contributed by atoms with Gasteiger partial charge in [-0.05, 0) is 18.2 Å². The summed E-state index contributed by atoms with van der Waals surface area (Å²) in [4.78, 5) is 9.93. The molecule has 0 aliphatic carbocycles. The second kappa shape index (κ2) is 6.95. The van der Waals surface area contributed by atoms with Crippen molar-refractivity contribution in [1.29, 1.82) is 0 Å². The summed E-state index contributed by atoms with van der Waals surface area (Å²) in [7, 11) is -3.88. The predicted octanol–water partition coefficient (Wildman–Crippen LogP) is 2.85. The number of carboxylic acids is 1. The van der Waals surface area contributed by atoms with Gasteiger partial charge in [0, 0.05) is 13.1 Å². The number of sulfonamides is 1. The molecular weight excluding hydrogens is 349 g/mol. The number of carbonyl (C=O) groups is 1. The minimum absolute atomic E-state index is 0.0351. The summed E-state index contributed by atoms with van der Waals surface area (Å²) >= 11 is 16.9. The van der Waals surface area contributed by atoms with Gasteiger partial charge in [-0.3, -0.25) is 0 Å². The van der Waals surface area contributed by atoms with E-state index in [1.165, 1.54) is 12.1 Å². The second-order valence-electron chi connectivity index (χ2n) is 3.79. The number of aromatic carboxylic acids is 1. The van der Waals surface area contributed by atoms with E-state index in [2.05, 4.69) is 0 Å². The molecule has 0 heterocycles. The first kappa shape index (κ1) is 17.5. The molecule has 0 atom stereocenters. The molecule has 0 fully saturated rings. The molecule has 9 heteroatoms. The van der Waals surface area contributed by atoms with Gasteiger partial charge in [-0.2, -0.15) is 4.31 Å². The Labute approximate surface area is 132 Å². The zero-order valence-electron chi connectivity index (χ0n) is 10.4. The van der Waals surface area contributed by atoms with Gasteiger partial charge in [0.05, 0.1) is 15.5 Å². The van der Waals surface area contributed by atoms with Crippen LogP contribution in [0.25, 0.3) is 0 Å². The average molecular weight is 361 g/mol. The van der Waals surface area contributed by atoms with Gasteiger partial charge in [-0.1, -0.05) is 18.5 Å². The lowest BCUT2D eigenvalue weighted by Crippen LogP contribution is -2.34. The molecular formula is C11H12Cl3NO4S. The summed E-state index contributed by atoms with van der Waals surface area (Å²) in [5.74, 6) is -1.30. The van der Waals surface area contributed by atoms with Crippen molar-refractivity contribution in [3.63, 3.8) is 0 Å². The van der Waals surface area contributed by atoms with Crippen molar-refractivity contribution in [1.82, 2.24) is 4.31 Å². The maximum atomic E-state index is 12.4. The maximum Gasteiger partial charge on any atom is 0.337 e. The van der Waals surface area contributed by atoms with Crippen LogP contribution in [-0.2, 0) is 10.0 Å². The summed E-state index contributed by atoms with van der Waals surface area (Å²) in [6, 6.07) is 3.48. The standard InChI is InChI=1S/C11H12Cl3NO4S/c1-2-15(6-10(13)14)20(18,19)7-3-4-9(12)8(5-7)11(16)17/h3-5,10H,2,6H2,1H3,(H,16,17). The Morgan fingerprint density at radius 2 is 2.00 bits per heavy atom. The van der Waals surface area contributed by atoms with Crippen LogP contribution in [-0.4, -0.2) is 41.7 Å². The van der Waals surface area contributed by atoms with Crippen molar-refractivity contribution in [2.75, 3.05) is 13.1 Å². The van der Waals surface area contributed by atoms with E-state index in [1.807, 2.05) is 0 Å². The minimum atomic E-state index is -3.88. The van der Waals surface area contributed by atoms with E-state index in [1.54, 1.807) is 6.92 Å². The number of rotatable bonds is 6. The van der Waals surface area contributed by atoms with Gasteiger partial charge >= 0.3 is 5.97 Å². The van der Waals surface area contributed by atoms with E-state index in [4.69, 9.17) is 39.9 Å². The number of halogens is 3. The molecule has 0 radical (unpaired) electrons. The Bertz CT molecular complexity index is 604. The largest absolute Gasteiger partial charge is 0.478 e. The molecule has 0 aromatic heterocycles. The first-order valence-electron chi connectivity index (χ1n) is 5.51. The summed E-state index contributed by atoms with van der Waals surface area (Å²) in [6.07, 6.45) is 0. The monoisotopic (exact) mass is 359 g/mol. The van der Waals surface area contributed by atoms with E-state index in [-0.39, 0.29) is 28.6 Å². The molecule has 1 rings (SSSR count). The summed E-state index contributed by atoms with van der Waals surface area (Å²) < 4.78 is 25.8. The molecule has 0 aliphatic heterocycles. The number of hydrogen-bond donors (Lipinski definition) is 1. The fourth-order valence-corrected chi connectivity index (χ4v) is 3.71. The molecule has 112 valence electrons. The lowest BCUT2D eigenvalue weighted by Gasteiger charge is -2.21. The van der Waals surface area contributed by atoms with Crippen LogP contribution in [0.15, 0.2) is 23.1 Å². The van der Waals surface area contributed by atoms with Gasteiger partial charge < -0.3 is 5.11 Å². The normalized spacial score (nSPS) is 12.1. The van der Waals surface area contributed by atoms with Crippen LogP contribution in [0.1, 0.15) is 17.3 Å². The van der Waals surface area contributed by atoms with E-state index in [9.17, 15) is 13.2 Å². The Balaban J connectivity index is 3.27. The quantitative estimate of drug-likeness (QED) is 0.792. The van der Waals surface area contributed by atoms with Gasteiger partial charge in [-0.25, -0.2) is 13.2 Å². The number of alkyl halides is 2. The predicted molar refractivity (Wildman–Crippen MR) is 78.3 cm³/mol. The molecule has 0 amide bonds. The third-order valence-electron chi connectivity index (χ3n) is 2.50. The molecule has 0 bridgehead atoms. The second-order valence-corrected chi connectivity index (χ2v) is 7.42. The lowest BCUT2D eigenvalue weighted by atomic mass is 10.2. The fourth-order valence-electron chi connectivity index (χ4n) is 1.53. The molecule has 20 heavy (non-hydrogen) atoms. The lowest BCUT2D eigenvalue weighted by molar-refractivity contribution is 0.0697. The molecule has 0 saturated heterocycles. The van der Waals surface area contributed by atoms with Gasteiger partial charge in [0.2, 0.25) is 10.0 Å². The molecule has 1 aromatic rings. The smallest absolute Gasteiger partial charge is 0.337 e. The third kappa shape index (κ3) is 3.99. The van der Waals surface area contributed by atoms with E-state index in [0.29, 0.717) is 0 Å². The van der Waals surface area contributed by atoms with Crippen molar-refractivity contribution < 1.29 is 18.3 Å². The van der Waals surface area contributed by atoms with Crippen LogP contribution in [0, 0.1) is 0 Å². The zero-order valence-corrected chi connectivity index (χ0v) is 13.5. The molecule has 1 N–H and O–H groups in total. The van der Waals surface area contributed by atoms with Crippen molar-refractivity contribution >= 4 is 50.8 Å². The Hall–Kier alpha value is -0.530. The highest BCUT2D eigenvalue weighted by Gasteiger charge is 2.26. The van der Waals surface area contributed by atoms with Gasteiger partial charge in [-0.15, -0.1) is 23.2 Å². The molecule has 0 aliphatic rings. The van der Waals surface area contributed by atoms with E-state index >= 15 is 0 Å². The summed E-state index contributed by atoms with van der Waals surface area (Å²) in [5, 5.41) is 8.93.